The number of pyridine rings is 1. The quantitative estimate of drug-likeness (QED) is 0.742. The highest BCUT2D eigenvalue weighted by molar-refractivity contribution is 7.89. The van der Waals surface area contributed by atoms with Gasteiger partial charge in [-0.25, -0.2) is 30.9 Å². The first-order valence-electron chi connectivity index (χ1n) is 8.62. The second-order valence-electron chi connectivity index (χ2n) is 6.99. The molecule has 0 amide bonds. The van der Waals surface area contributed by atoms with E-state index in [1.807, 2.05) is 0 Å². The third kappa shape index (κ3) is 4.22. The molecule has 12 heteroatoms. The van der Waals surface area contributed by atoms with Gasteiger partial charge in [-0.3, -0.25) is 4.98 Å². The van der Waals surface area contributed by atoms with Gasteiger partial charge in [0.1, 0.15) is 17.3 Å². The molecular weight excluding hydrogens is 455 g/mol. The van der Waals surface area contributed by atoms with Crippen LogP contribution in [0.15, 0.2) is 29.4 Å². The number of nitrogens with zero attached hydrogens (tertiary/aromatic N) is 4. The van der Waals surface area contributed by atoms with Crippen LogP contribution in [0.5, 0.6) is 0 Å². The van der Waals surface area contributed by atoms with Gasteiger partial charge in [0.05, 0.1) is 16.3 Å². The number of aliphatic imine (C=N–C) groups is 1. The van der Waals surface area contributed by atoms with E-state index in [0.717, 1.165) is 28.7 Å². The van der Waals surface area contributed by atoms with Crippen molar-refractivity contribution in [3.8, 4) is 6.07 Å². The Morgan fingerprint density at radius 1 is 1.39 bits per heavy atom. The minimum atomic E-state index is -3.94. The van der Waals surface area contributed by atoms with E-state index in [2.05, 4.69) is 9.98 Å². The Balaban J connectivity index is 2.13. The number of hydrogen-bond acceptors (Lipinski definition) is 6. The van der Waals surface area contributed by atoms with Crippen molar-refractivity contribution in [3.05, 3.63) is 63.4 Å². The van der Waals surface area contributed by atoms with E-state index < -0.39 is 50.3 Å². The number of nitrogens with two attached hydrogens (primary N) is 1. The number of sulfonamides is 1. The van der Waals surface area contributed by atoms with Gasteiger partial charge in [-0.2, -0.15) is 5.26 Å². The molecule has 1 aromatic carbocycles. The fourth-order valence-corrected chi connectivity index (χ4v) is 4.77. The average molecular weight is 470 g/mol. The van der Waals surface area contributed by atoms with Gasteiger partial charge in [-0.1, -0.05) is 11.6 Å². The molecule has 0 radical (unpaired) electrons. The van der Waals surface area contributed by atoms with Crippen molar-refractivity contribution in [3.63, 3.8) is 0 Å². The van der Waals surface area contributed by atoms with E-state index in [0.29, 0.717) is 0 Å². The Morgan fingerprint density at radius 3 is 2.65 bits per heavy atom. The smallest absolute Gasteiger partial charge is 0.239 e. The van der Waals surface area contributed by atoms with Crippen molar-refractivity contribution in [2.24, 2.45) is 10.7 Å². The third-order valence-electron chi connectivity index (χ3n) is 4.69. The topological polar surface area (TPSA) is 112 Å². The molecule has 1 atom stereocenters. The SMILES string of the molecule is CN1C(N)=N[C@](C)(c2cc(/C=C(\F)c3ncc(C#N)cc3Cl)cc(F)c2F)CS1(=O)=O. The largest absolute Gasteiger partial charge is 0.369 e. The zero-order valence-electron chi connectivity index (χ0n) is 16.2. The first-order valence-corrected chi connectivity index (χ1v) is 10.6. The number of aromatic nitrogens is 1. The lowest BCUT2D eigenvalue weighted by molar-refractivity contribution is 0.435. The summed E-state index contributed by atoms with van der Waals surface area (Å²) in [6, 6.07) is 4.82. The number of nitriles is 1. The Kier molecular flexibility index (Phi) is 5.73. The number of halogens is 4. The van der Waals surface area contributed by atoms with Crippen LogP contribution >= 0.6 is 11.6 Å². The molecule has 0 saturated carbocycles. The second-order valence-corrected chi connectivity index (χ2v) is 9.40. The van der Waals surface area contributed by atoms with Gasteiger partial charge < -0.3 is 5.73 Å². The lowest BCUT2D eigenvalue weighted by atomic mass is 9.92. The van der Waals surface area contributed by atoms with Gasteiger partial charge >= 0.3 is 0 Å². The van der Waals surface area contributed by atoms with Crippen LogP contribution in [0.2, 0.25) is 5.02 Å². The maximum absolute atomic E-state index is 14.7. The Morgan fingerprint density at radius 2 is 2.06 bits per heavy atom. The summed E-state index contributed by atoms with van der Waals surface area (Å²) in [6.07, 6.45) is 1.96. The Bertz CT molecular complexity index is 1290. The number of benzene rings is 1. The van der Waals surface area contributed by atoms with Gasteiger partial charge in [0.15, 0.2) is 17.5 Å². The Labute approximate surface area is 181 Å². The van der Waals surface area contributed by atoms with E-state index in [9.17, 15) is 21.6 Å². The van der Waals surface area contributed by atoms with Crippen molar-refractivity contribution >= 4 is 39.5 Å². The molecule has 0 saturated heterocycles. The molecule has 0 bridgehead atoms. The highest BCUT2D eigenvalue weighted by Crippen LogP contribution is 2.35. The van der Waals surface area contributed by atoms with E-state index in [-0.39, 0.29) is 21.8 Å². The van der Waals surface area contributed by atoms with Crippen LogP contribution in [0.1, 0.15) is 29.3 Å². The molecule has 0 unspecified atom stereocenters. The fraction of sp³-hybridized carbons (Fsp3) is 0.211. The Hall–Kier alpha value is -3.10. The molecule has 0 spiro atoms. The maximum atomic E-state index is 14.7. The van der Waals surface area contributed by atoms with Crippen LogP contribution in [0.25, 0.3) is 11.9 Å². The van der Waals surface area contributed by atoms with Gasteiger partial charge in [0.25, 0.3) is 0 Å². The van der Waals surface area contributed by atoms with Crippen LogP contribution in [-0.4, -0.2) is 36.5 Å². The monoisotopic (exact) mass is 469 g/mol. The molecule has 3 rings (SSSR count). The van der Waals surface area contributed by atoms with Crippen LogP contribution in [-0.2, 0) is 15.6 Å². The standard InChI is InChI=1S/C19H15ClF3N5O2S/c1-19(9-31(29,30)28(2)18(25)27-19)12-3-10(5-14(21)16(12)23)6-15(22)17-13(20)4-11(7-24)8-26-17/h3-6,8H,9H2,1-2H3,(H2,25,27)/b15-6-/t19-/m0/s1. The summed E-state index contributed by atoms with van der Waals surface area (Å²) >= 11 is 5.93. The minimum absolute atomic E-state index is 0.114. The van der Waals surface area contributed by atoms with Gasteiger partial charge in [-0.05, 0) is 36.8 Å². The predicted molar refractivity (Wildman–Crippen MR) is 110 cm³/mol. The molecule has 2 heterocycles. The lowest BCUT2D eigenvalue weighted by Gasteiger charge is -2.34. The van der Waals surface area contributed by atoms with Crippen molar-refractivity contribution < 1.29 is 21.6 Å². The van der Waals surface area contributed by atoms with Crippen LogP contribution < -0.4 is 5.73 Å². The van der Waals surface area contributed by atoms with Gasteiger partial charge in [0, 0.05) is 18.8 Å². The molecule has 1 aliphatic heterocycles. The highest BCUT2D eigenvalue weighted by Gasteiger charge is 2.42. The maximum Gasteiger partial charge on any atom is 0.239 e. The summed E-state index contributed by atoms with van der Waals surface area (Å²) in [5.74, 6) is -4.70. The number of hydrogen-bond donors (Lipinski definition) is 1. The van der Waals surface area contributed by atoms with Gasteiger partial charge in [-0.15, -0.1) is 0 Å². The fourth-order valence-electron chi connectivity index (χ4n) is 3.06. The average Bonchev–Trinajstić information content (AvgIpc) is 2.68. The van der Waals surface area contributed by atoms with Crippen molar-refractivity contribution in [1.29, 1.82) is 5.26 Å². The normalized spacial score (nSPS) is 20.9. The summed E-state index contributed by atoms with van der Waals surface area (Å²) in [5, 5.41) is 8.68. The molecule has 1 aromatic heterocycles. The zero-order chi connectivity index (χ0) is 23.1. The summed E-state index contributed by atoms with van der Waals surface area (Å²) < 4.78 is 69.1. The minimum Gasteiger partial charge on any atom is -0.369 e. The molecule has 2 aromatic rings. The first kappa shape index (κ1) is 22.6. The van der Waals surface area contributed by atoms with E-state index in [1.165, 1.54) is 20.0 Å². The lowest BCUT2D eigenvalue weighted by Crippen LogP contribution is -2.50. The molecule has 7 nitrogen and oxygen atoms in total. The summed E-state index contributed by atoms with van der Waals surface area (Å²) in [7, 11) is -2.75. The van der Waals surface area contributed by atoms with Crippen LogP contribution in [0.3, 0.4) is 0 Å². The molecular formula is C19H15ClF3N5O2S. The highest BCUT2D eigenvalue weighted by atomic mass is 35.5. The van der Waals surface area contributed by atoms with Crippen molar-refractivity contribution in [2.75, 3.05) is 12.8 Å². The zero-order valence-corrected chi connectivity index (χ0v) is 17.8. The second kappa shape index (κ2) is 7.86. The summed E-state index contributed by atoms with van der Waals surface area (Å²) in [5.41, 5.74) is 3.18. The summed E-state index contributed by atoms with van der Waals surface area (Å²) in [6.45, 7) is 1.28. The first-order chi connectivity index (χ1) is 14.4. The van der Waals surface area contributed by atoms with E-state index in [1.54, 1.807) is 6.07 Å². The van der Waals surface area contributed by atoms with Gasteiger partial charge in [0.2, 0.25) is 16.0 Å². The van der Waals surface area contributed by atoms with Crippen LogP contribution in [0, 0.1) is 23.0 Å². The number of guanidine groups is 1. The van der Waals surface area contributed by atoms with Crippen molar-refractivity contribution in [1.82, 2.24) is 9.29 Å². The summed E-state index contributed by atoms with van der Waals surface area (Å²) in [4.78, 5) is 7.79. The molecule has 2 N–H and O–H groups in total. The predicted octanol–water partition coefficient (Wildman–Crippen LogP) is 3.16. The molecule has 1 aliphatic rings. The van der Waals surface area contributed by atoms with E-state index in [4.69, 9.17) is 22.6 Å². The third-order valence-corrected chi connectivity index (χ3v) is 6.92. The molecule has 0 fully saturated rings. The molecule has 31 heavy (non-hydrogen) atoms. The van der Waals surface area contributed by atoms with E-state index >= 15 is 0 Å². The van der Waals surface area contributed by atoms with Crippen LogP contribution in [0.4, 0.5) is 13.2 Å². The number of rotatable bonds is 3. The molecule has 162 valence electrons. The molecule has 0 aliphatic carbocycles. The van der Waals surface area contributed by atoms with Crippen molar-refractivity contribution in [2.45, 2.75) is 12.5 Å².